The molecule has 0 aromatic carbocycles. The number of hydrogen-bond acceptors (Lipinski definition) is 3. The van der Waals surface area contributed by atoms with Crippen molar-refractivity contribution in [3.05, 3.63) is 46.5 Å². The molecular formula is C16H23N3OS. The second kappa shape index (κ2) is 8.52. The highest BCUT2D eigenvalue weighted by molar-refractivity contribution is 7.09. The summed E-state index contributed by atoms with van der Waals surface area (Å²) < 4.78 is 5.31. The number of nitrogens with one attached hydrogen (secondary N) is 2. The first-order valence-corrected chi connectivity index (χ1v) is 8.15. The number of nitrogens with zero attached hydrogens (tertiary/aromatic N) is 1. The molecule has 2 heterocycles. The predicted octanol–water partition coefficient (Wildman–Crippen LogP) is 2.93. The normalized spacial score (nSPS) is 13.1. The van der Waals surface area contributed by atoms with Crippen molar-refractivity contribution in [2.75, 3.05) is 20.1 Å². The van der Waals surface area contributed by atoms with Crippen molar-refractivity contribution < 1.29 is 4.42 Å². The van der Waals surface area contributed by atoms with Crippen molar-refractivity contribution >= 4 is 17.3 Å². The van der Waals surface area contributed by atoms with Crippen LogP contribution >= 0.6 is 11.3 Å². The summed E-state index contributed by atoms with van der Waals surface area (Å²) in [4.78, 5) is 5.68. The molecule has 0 aliphatic rings. The van der Waals surface area contributed by atoms with Gasteiger partial charge in [-0.05, 0) is 35.9 Å². The van der Waals surface area contributed by atoms with Crippen LogP contribution in [0.3, 0.4) is 0 Å². The molecule has 0 spiro atoms. The highest BCUT2D eigenvalue weighted by Gasteiger charge is 2.06. The van der Waals surface area contributed by atoms with Gasteiger partial charge >= 0.3 is 0 Å². The Morgan fingerprint density at radius 1 is 1.33 bits per heavy atom. The fourth-order valence-electron chi connectivity index (χ4n) is 2.09. The van der Waals surface area contributed by atoms with E-state index >= 15 is 0 Å². The van der Waals surface area contributed by atoms with Crippen LogP contribution in [0.25, 0.3) is 0 Å². The molecule has 0 aliphatic carbocycles. The Labute approximate surface area is 130 Å². The second-order valence-corrected chi connectivity index (χ2v) is 6.13. The molecule has 0 fully saturated rings. The van der Waals surface area contributed by atoms with Crippen LogP contribution in [-0.2, 0) is 12.8 Å². The number of hydrogen-bond donors (Lipinski definition) is 2. The third kappa shape index (κ3) is 5.63. The Kier molecular flexibility index (Phi) is 6.34. The lowest BCUT2D eigenvalue weighted by atomic mass is 10.1. The molecule has 2 aromatic rings. The zero-order chi connectivity index (χ0) is 14.9. The summed E-state index contributed by atoms with van der Waals surface area (Å²) in [6, 6.07) is 8.20. The average Bonchev–Trinajstić information content (AvgIpc) is 3.16. The molecule has 1 unspecified atom stereocenters. The van der Waals surface area contributed by atoms with Gasteiger partial charge in [0, 0.05) is 31.4 Å². The lowest BCUT2D eigenvalue weighted by Gasteiger charge is -2.15. The van der Waals surface area contributed by atoms with Gasteiger partial charge in [-0.1, -0.05) is 13.0 Å². The fourth-order valence-corrected chi connectivity index (χ4v) is 2.96. The molecule has 0 bridgehead atoms. The van der Waals surface area contributed by atoms with Crippen LogP contribution in [0.4, 0.5) is 0 Å². The monoisotopic (exact) mass is 305 g/mol. The van der Waals surface area contributed by atoms with E-state index in [4.69, 9.17) is 4.42 Å². The molecule has 0 amide bonds. The van der Waals surface area contributed by atoms with Gasteiger partial charge in [0.2, 0.25) is 0 Å². The van der Waals surface area contributed by atoms with Crippen LogP contribution in [-0.4, -0.2) is 26.1 Å². The summed E-state index contributed by atoms with van der Waals surface area (Å²) in [5, 5.41) is 8.81. The first-order chi connectivity index (χ1) is 10.3. The quantitative estimate of drug-likeness (QED) is 0.611. The Balaban J connectivity index is 1.65. The lowest BCUT2D eigenvalue weighted by Crippen LogP contribution is -2.40. The predicted molar refractivity (Wildman–Crippen MR) is 89.0 cm³/mol. The van der Waals surface area contributed by atoms with Crippen molar-refractivity contribution in [1.29, 1.82) is 0 Å². The van der Waals surface area contributed by atoms with Crippen molar-refractivity contribution in [2.45, 2.75) is 19.8 Å². The molecule has 2 aromatic heterocycles. The Morgan fingerprint density at radius 2 is 2.24 bits per heavy atom. The maximum absolute atomic E-state index is 5.31. The van der Waals surface area contributed by atoms with E-state index in [1.54, 1.807) is 13.3 Å². The van der Waals surface area contributed by atoms with Crippen LogP contribution in [0.5, 0.6) is 0 Å². The van der Waals surface area contributed by atoms with Crippen LogP contribution < -0.4 is 10.6 Å². The molecule has 0 aliphatic heterocycles. The van der Waals surface area contributed by atoms with Gasteiger partial charge in [-0.2, -0.15) is 0 Å². The Hall–Kier alpha value is -1.75. The van der Waals surface area contributed by atoms with E-state index in [0.29, 0.717) is 5.92 Å². The topological polar surface area (TPSA) is 49.6 Å². The van der Waals surface area contributed by atoms with Gasteiger partial charge in [-0.3, -0.25) is 4.99 Å². The molecule has 2 N–H and O–H groups in total. The third-order valence-electron chi connectivity index (χ3n) is 3.22. The third-order valence-corrected chi connectivity index (χ3v) is 4.11. The van der Waals surface area contributed by atoms with E-state index in [1.807, 2.05) is 23.5 Å². The zero-order valence-corrected chi connectivity index (χ0v) is 13.5. The molecular weight excluding hydrogens is 282 g/mol. The van der Waals surface area contributed by atoms with E-state index in [-0.39, 0.29) is 0 Å². The standard InChI is InChI=1S/C16H23N3OS/c1-13(11-15-6-4-10-21-15)12-19-16(17-2)18-8-7-14-5-3-9-20-14/h3-6,9-10,13H,7-8,11-12H2,1-2H3,(H2,17,18,19). The van der Waals surface area contributed by atoms with E-state index in [2.05, 4.69) is 40.1 Å². The van der Waals surface area contributed by atoms with Gasteiger partial charge in [0.05, 0.1) is 6.26 Å². The minimum atomic E-state index is 0.576. The molecule has 0 saturated heterocycles. The number of furan rings is 1. The van der Waals surface area contributed by atoms with E-state index in [9.17, 15) is 0 Å². The van der Waals surface area contributed by atoms with Gasteiger partial charge in [-0.25, -0.2) is 0 Å². The van der Waals surface area contributed by atoms with Crippen LogP contribution in [0.2, 0.25) is 0 Å². The number of rotatable bonds is 7. The fraction of sp³-hybridized carbons (Fsp3) is 0.438. The number of aliphatic imine (C=N–C) groups is 1. The Morgan fingerprint density at radius 3 is 2.90 bits per heavy atom. The Bertz CT molecular complexity index is 520. The van der Waals surface area contributed by atoms with Gasteiger partial charge in [0.15, 0.2) is 5.96 Å². The van der Waals surface area contributed by atoms with Crippen LogP contribution in [0.15, 0.2) is 45.3 Å². The smallest absolute Gasteiger partial charge is 0.190 e. The lowest BCUT2D eigenvalue weighted by molar-refractivity contribution is 0.506. The van der Waals surface area contributed by atoms with Crippen molar-refractivity contribution in [1.82, 2.24) is 10.6 Å². The molecule has 114 valence electrons. The summed E-state index contributed by atoms with van der Waals surface area (Å²) in [6.45, 7) is 3.98. The van der Waals surface area contributed by atoms with Gasteiger partial charge in [0.25, 0.3) is 0 Å². The van der Waals surface area contributed by atoms with Crippen molar-refractivity contribution in [2.24, 2.45) is 10.9 Å². The van der Waals surface area contributed by atoms with E-state index < -0.39 is 0 Å². The minimum absolute atomic E-state index is 0.576. The highest BCUT2D eigenvalue weighted by atomic mass is 32.1. The van der Waals surface area contributed by atoms with Gasteiger partial charge < -0.3 is 15.1 Å². The SMILES string of the molecule is CN=C(NCCc1ccco1)NCC(C)Cc1cccs1. The first kappa shape index (κ1) is 15.6. The molecule has 2 rings (SSSR count). The molecule has 0 saturated carbocycles. The first-order valence-electron chi connectivity index (χ1n) is 7.27. The van der Waals surface area contributed by atoms with E-state index in [1.165, 1.54) is 4.88 Å². The molecule has 0 radical (unpaired) electrons. The largest absolute Gasteiger partial charge is 0.469 e. The van der Waals surface area contributed by atoms with Gasteiger partial charge in [0.1, 0.15) is 5.76 Å². The maximum atomic E-state index is 5.31. The average molecular weight is 305 g/mol. The summed E-state index contributed by atoms with van der Waals surface area (Å²) in [5.74, 6) is 2.41. The molecule has 1 atom stereocenters. The summed E-state index contributed by atoms with van der Waals surface area (Å²) in [6.07, 6.45) is 3.67. The number of thiophene rings is 1. The maximum Gasteiger partial charge on any atom is 0.190 e. The van der Waals surface area contributed by atoms with Gasteiger partial charge in [-0.15, -0.1) is 11.3 Å². The van der Waals surface area contributed by atoms with Crippen LogP contribution in [0.1, 0.15) is 17.6 Å². The van der Waals surface area contributed by atoms with Crippen LogP contribution in [0, 0.1) is 5.92 Å². The molecule has 21 heavy (non-hydrogen) atoms. The minimum Gasteiger partial charge on any atom is -0.469 e. The molecule has 4 nitrogen and oxygen atoms in total. The summed E-state index contributed by atoms with van der Waals surface area (Å²) in [5.41, 5.74) is 0. The second-order valence-electron chi connectivity index (χ2n) is 5.10. The highest BCUT2D eigenvalue weighted by Crippen LogP contribution is 2.13. The summed E-state index contributed by atoms with van der Waals surface area (Å²) in [7, 11) is 1.80. The summed E-state index contributed by atoms with van der Waals surface area (Å²) >= 11 is 1.82. The zero-order valence-electron chi connectivity index (χ0n) is 12.6. The van der Waals surface area contributed by atoms with Crippen molar-refractivity contribution in [3.8, 4) is 0 Å². The van der Waals surface area contributed by atoms with E-state index in [0.717, 1.165) is 37.7 Å². The number of guanidine groups is 1. The molecule has 5 heteroatoms. The van der Waals surface area contributed by atoms with Crippen molar-refractivity contribution in [3.63, 3.8) is 0 Å².